The molecule has 1 aliphatic heterocycles. The van der Waals surface area contributed by atoms with Crippen LogP contribution in [0, 0.1) is 5.82 Å². The summed E-state index contributed by atoms with van der Waals surface area (Å²) < 4.78 is 13.0. The molecule has 1 aliphatic rings. The van der Waals surface area contributed by atoms with E-state index >= 15 is 0 Å². The third-order valence-corrected chi connectivity index (χ3v) is 3.99. The highest BCUT2D eigenvalue weighted by Crippen LogP contribution is 2.27. The minimum atomic E-state index is -0.220. The highest BCUT2D eigenvalue weighted by molar-refractivity contribution is 5.79. The number of carbonyl (C=O) groups excluding carboxylic acids is 1. The predicted octanol–water partition coefficient (Wildman–Crippen LogP) is 2.78. The van der Waals surface area contributed by atoms with E-state index in [2.05, 4.69) is 4.98 Å². The summed E-state index contributed by atoms with van der Waals surface area (Å²) in [5.74, 6) is 0.236. The number of nitrogens with zero attached hydrogens (tertiary/aromatic N) is 2. The van der Waals surface area contributed by atoms with Gasteiger partial charge in [0.2, 0.25) is 5.91 Å². The molecule has 1 amide bonds. The topological polar surface area (TPSA) is 33.2 Å². The summed E-state index contributed by atoms with van der Waals surface area (Å²) in [6.45, 7) is 1.49. The molecule has 3 rings (SSSR count). The fraction of sp³-hybridized carbons (Fsp3) is 0.294. The highest BCUT2D eigenvalue weighted by atomic mass is 19.1. The molecule has 1 fully saturated rings. The molecule has 4 heteroatoms. The summed E-state index contributed by atoms with van der Waals surface area (Å²) in [7, 11) is 0. The van der Waals surface area contributed by atoms with Crippen molar-refractivity contribution >= 4 is 5.91 Å². The minimum Gasteiger partial charge on any atom is -0.342 e. The minimum absolute atomic E-state index is 0.144. The Bertz CT molecular complexity index is 612. The number of aromatic nitrogens is 1. The van der Waals surface area contributed by atoms with Gasteiger partial charge in [0.15, 0.2) is 0 Å². The second kappa shape index (κ2) is 6.04. The van der Waals surface area contributed by atoms with Gasteiger partial charge in [0.1, 0.15) is 5.82 Å². The van der Waals surface area contributed by atoms with E-state index in [1.54, 1.807) is 12.4 Å². The first kappa shape index (κ1) is 13.7. The molecule has 108 valence electrons. The summed E-state index contributed by atoms with van der Waals surface area (Å²) >= 11 is 0. The Morgan fingerprint density at radius 2 is 1.90 bits per heavy atom. The number of rotatable bonds is 3. The van der Waals surface area contributed by atoms with Crippen molar-refractivity contribution in [2.75, 3.05) is 13.1 Å². The molecule has 0 spiro atoms. The van der Waals surface area contributed by atoms with Crippen molar-refractivity contribution in [2.24, 2.45) is 0 Å². The fourth-order valence-corrected chi connectivity index (χ4v) is 2.78. The monoisotopic (exact) mass is 284 g/mol. The van der Waals surface area contributed by atoms with Gasteiger partial charge in [-0.2, -0.15) is 0 Å². The van der Waals surface area contributed by atoms with Gasteiger partial charge >= 0.3 is 0 Å². The second-order valence-electron chi connectivity index (χ2n) is 5.41. The smallest absolute Gasteiger partial charge is 0.227 e. The molecule has 1 aromatic heterocycles. The van der Waals surface area contributed by atoms with Gasteiger partial charge in [0.05, 0.1) is 6.42 Å². The zero-order valence-corrected chi connectivity index (χ0v) is 11.7. The number of hydrogen-bond acceptors (Lipinski definition) is 2. The Hall–Kier alpha value is -2.23. The molecule has 3 nitrogen and oxygen atoms in total. The molecule has 0 saturated carbocycles. The van der Waals surface area contributed by atoms with Crippen molar-refractivity contribution in [1.29, 1.82) is 0 Å². The molecule has 0 bridgehead atoms. The Morgan fingerprint density at radius 3 is 2.62 bits per heavy atom. The van der Waals surface area contributed by atoms with Gasteiger partial charge in [-0.15, -0.1) is 0 Å². The molecule has 1 aromatic carbocycles. The van der Waals surface area contributed by atoms with E-state index in [1.807, 2.05) is 29.2 Å². The largest absolute Gasteiger partial charge is 0.342 e. The van der Waals surface area contributed by atoms with Gasteiger partial charge in [-0.25, -0.2) is 4.39 Å². The number of benzene rings is 1. The van der Waals surface area contributed by atoms with Crippen LogP contribution in [0.25, 0.3) is 0 Å². The molecule has 0 radical (unpaired) electrons. The lowest BCUT2D eigenvalue weighted by molar-refractivity contribution is -0.129. The fourth-order valence-electron chi connectivity index (χ4n) is 2.78. The first-order valence-electron chi connectivity index (χ1n) is 7.14. The number of amides is 1. The van der Waals surface area contributed by atoms with Crippen LogP contribution in [0.15, 0.2) is 48.8 Å². The summed E-state index contributed by atoms with van der Waals surface area (Å²) in [5.41, 5.74) is 2.09. The van der Waals surface area contributed by atoms with Gasteiger partial charge < -0.3 is 4.90 Å². The van der Waals surface area contributed by atoms with E-state index in [4.69, 9.17) is 0 Å². The third kappa shape index (κ3) is 3.27. The number of carbonyl (C=O) groups is 1. The SMILES string of the molecule is O=C(Cc1ccncc1)N1CCC(c2ccc(F)cc2)C1. The molecule has 1 unspecified atom stereocenters. The maximum atomic E-state index is 13.0. The van der Waals surface area contributed by atoms with E-state index in [-0.39, 0.29) is 11.7 Å². The van der Waals surface area contributed by atoms with Crippen LogP contribution in [0.1, 0.15) is 23.5 Å². The molecular weight excluding hydrogens is 267 g/mol. The lowest BCUT2D eigenvalue weighted by atomic mass is 9.99. The first-order valence-corrected chi connectivity index (χ1v) is 7.14. The summed E-state index contributed by atoms with van der Waals surface area (Å²) in [4.78, 5) is 18.1. The molecule has 0 aliphatic carbocycles. The van der Waals surface area contributed by atoms with E-state index in [9.17, 15) is 9.18 Å². The van der Waals surface area contributed by atoms with Crippen LogP contribution in [0.3, 0.4) is 0 Å². The summed E-state index contributed by atoms with van der Waals surface area (Å²) in [6.07, 6.45) is 4.76. The predicted molar refractivity (Wildman–Crippen MR) is 78.3 cm³/mol. The molecule has 1 saturated heterocycles. The second-order valence-corrected chi connectivity index (χ2v) is 5.41. The van der Waals surface area contributed by atoms with Crippen LogP contribution in [-0.4, -0.2) is 28.9 Å². The normalized spacial score (nSPS) is 18.0. The van der Waals surface area contributed by atoms with Crippen molar-refractivity contribution < 1.29 is 9.18 Å². The average molecular weight is 284 g/mol. The molecule has 0 N–H and O–H groups in total. The van der Waals surface area contributed by atoms with Gasteiger partial charge in [-0.1, -0.05) is 12.1 Å². The van der Waals surface area contributed by atoms with Crippen LogP contribution < -0.4 is 0 Å². The van der Waals surface area contributed by atoms with E-state index < -0.39 is 0 Å². The highest BCUT2D eigenvalue weighted by Gasteiger charge is 2.27. The molecule has 21 heavy (non-hydrogen) atoms. The maximum absolute atomic E-state index is 13.0. The van der Waals surface area contributed by atoms with Crippen molar-refractivity contribution in [2.45, 2.75) is 18.8 Å². The Balaban J connectivity index is 1.61. The lowest BCUT2D eigenvalue weighted by Crippen LogP contribution is -2.29. The van der Waals surface area contributed by atoms with E-state index in [0.29, 0.717) is 12.3 Å². The van der Waals surface area contributed by atoms with Crippen LogP contribution >= 0.6 is 0 Å². The Kier molecular flexibility index (Phi) is 3.95. The zero-order chi connectivity index (χ0) is 14.7. The number of halogens is 1. The van der Waals surface area contributed by atoms with Crippen LogP contribution in [0.2, 0.25) is 0 Å². The zero-order valence-electron chi connectivity index (χ0n) is 11.7. The molecule has 1 atom stereocenters. The van der Waals surface area contributed by atoms with Crippen molar-refractivity contribution in [3.05, 3.63) is 65.7 Å². The summed E-state index contributed by atoms with van der Waals surface area (Å²) in [6, 6.07) is 10.3. The van der Waals surface area contributed by atoms with Gasteiger partial charge in [0.25, 0.3) is 0 Å². The quantitative estimate of drug-likeness (QED) is 0.868. The van der Waals surface area contributed by atoms with Crippen molar-refractivity contribution in [1.82, 2.24) is 9.88 Å². The van der Waals surface area contributed by atoms with Crippen LogP contribution in [0.4, 0.5) is 4.39 Å². The standard InChI is InChI=1S/C17H17FN2O/c18-16-3-1-14(2-4-16)15-7-10-20(12-15)17(21)11-13-5-8-19-9-6-13/h1-6,8-9,15H,7,10-12H2. The first-order chi connectivity index (χ1) is 10.2. The van der Waals surface area contributed by atoms with E-state index in [1.165, 1.54) is 12.1 Å². The van der Waals surface area contributed by atoms with Crippen LogP contribution in [-0.2, 0) is 11.2 Å². The van der Waals surface area contributed by atoms with Gasteiger partial charge in [-0.05, 0) is 41.8 Å². The van der Waals surface area contributed by atoms with Crippen LogP contribution in [0.5, 0.6) is 0 Å². The third-order valence-electron chi connectivity index (χ3n) is 3.99. The van der Waals surface area contributed by atoms with E-state index in [0.717, 1.165) is 30.6 Å². The average Bonchev–Trinajstić information content (AvgIpc) is 2.99. The van der Waals surface area contributed by atoms with Crippen molar-refractivity contribution in [3.8, 4) is 0 Å². The number of pyridine rings is 1. The van der Waals surface area contributed by atoms with Gasteiger partial charge in [-0.3, -0.25) is 9.78 Å². The number of likely N-dealkylation sites (tertiary alicyclic amines) is 1. The lowest BCUT2D eigenvalue weighted by Gasteiger charge is -2.16. The molecule has 2 heterocycles. The number of hydrogen-bond donors (Lipinski definition) is 0. The van der Waals surface area contributed by atoms with Crippen molar-refractivity contribution in [3.63, 3.8) is 0 Å². The summed E-state index contributed by atoms with van der Waals surface area (Å²) in [5, 5.41) is 0. The maximum Gasteiger partial charge on any atom is 0.227 e. The molecular formula is C17H17FN2O. The molecule has 2 aromatic rings. The Labute approximate surface area is 123 Å². The Morgan fingerprint density at radius 1 is 1.19 bits per heavy atom. The van der Waals surface area contributed by atoms with Gasteiger partial charge in [0, 0.05) is 31.4 Å².